The second kappa shape index (κ2) is 10.1. The summed E-state index contributed by atoms with van der Waals surface area (Å²) in [6, 6.07) is 10.6. The molecule has 3 N–H and O–H groups in total. The summed E-state index contributed by atoms with van der Waals surface area (Å²) in [6.07, 6.45) is 3.95. The first-order valence-corrected chi connectivity index (χ1v) is 12.0. The lowest BCUT2D eigenvalue weighted by atomic mass is 9.93. The number of hydrogen-bond donors (Lipinski definition) is 2. The van der Waals surface area contributed by atoms with Crippen LogP contribution in [0.5, 0.6) is 0 Å². The molecule has 1 aliphatic rings. The average Bonchev–Trinajstić information content (AvgIpc) is 3.18. The predicted octanol–water partition coefficient (Wildman–Crippen LogP) is 2.23. The van der Waals surface area contributed by atoms with E-state index in [1.54, 1.807) is 6.33 Å². The Kier molecular flexibility index (Phi) is 7.27. The Hall–Kier alpha value is -2.24. The highest BCUT2D eigenvalue weighted by atomic mass is 127. The van der Waals surface area contributed by atoms with Crippen molar-refractivity contribution < 1.29 is 9.90 Å². The van der Waals surface area contributed by atoms with Crippen LogP contribution in [0.4, 0.5) is 5.82 Å². The monoisotopic (exact) mass is 548 g/mol. The van der Waals surface area contributed by atoms with Crippen molar-refractivity contribution in [3.05, 3.63) is 52.0 Å². The van der Waals surface area contributed by atoms with Crippen LogP contribution in [0.2, 0.25) is 0 Å². The Morgan fingerprint density at radius 3 is 2.75 bits per heavy atom. The van der Waals surface area contributed by atoms with Crippen molar-refractivity contribution in [1.29, 1.82) is 0 Å². The van der Waals surface area contributed by atoms with Crippen LogP contribution in [0.25, 0.3) is 11.0 Å². The lowest BCUT2D eigenvalue weighted by Crippen LogP contribution is -2.47. The molecule has 0 spiro atoms. The lowest BCUT2D eigenvalue weighted by molar-refractivity contribution is -0.120. The molecular formula is C23H29IN6O2. The van der Waals surface area contributed by atoms with Gasteiger partial charge in [-0.15, -0.1) is 0 Å². The molecule has 3 aromatic rings. The molecule has 170 valence electrons. The Morgan fingerprint density at radius 2 is 2.06 bits per heavy atom. The minimum absolute atomic E-state index is 0.0993. The number of carbonyl (C=O) groups excluding carboxylic acids is 1. The summed E-state index contributed by atoms with van der Waals surface area (Å²) in [7, 11) is 0. The maximum Gasteiger partial charge on any atom is 0.231 e. The van der Waals surface area contributed by atoms with Gasteiger partial charge < -0.3 is 20.3 Å². The average molecular weight is 548 g/mol. The van der Waals surface area contributed by atoms with E-state index in [0.717, 1.165) is 42.9 Å². The van der Waals surface area contributed by atoms with Crippen molar-refractivity contribution in [2.75, 3.05) is 31.1 Å². The first-order valence-electron chi connectivity index (χ1n) is 10.9. The molecule has 0 unspecified atom stereocenters. The number of carbonyl (C=O) groups is 1. The highest BCUT2D eigenvalue weighted by Crippen LogP contribution is 2.27. The molecule has 2 aromatic heterocycles. The van der Waals surface area contributed by atoms with Crippen LogP contribution in [-0.2, 0) is 17.9 Å². The normalized spacial score (nSPS) is 19.3. The molecule has 4 rings (SSSR count). The summed E-state index contributed by atoms with van der Waals surface area (Å²) in [5, 5.41) is 11.7. The summed E-state index contributed by atoms with van der Waals surface area (Å²) in [6.45, 7) is 5.83. The number of benzene rings is 1. The van der Waals surface area contributed by atoms with E-state index in [2.05, 4.69) is 79.3 Å². The Balaban J connectivity index is 1.51. The number of piperidine rings is 1. The highest BCUT2D eigenvalue weighted by molar-refractivity contribution is 14.1. The summed E-state index contributed by atoms with van der Waals surface area (Å²) in [4.78, 5) is 24.5. The van der Waals surface area contributed by atoms with Gasteiger partial charge in [-0.1, -0.05) is 12.1 Å². The molecule has 1 aliphatic heterocycles. The van der Waals surface area contributed by atoms with Crippen molar-refractivity contribution >= 4 is 45.3 Å². The van der Waals surface area contributed by atoms with Gasteiger partial charge in [-0.05, 0) is 66.2 Å². The first kappa shape index (κ1) is 22.9. The maximum atomic E-state index is 11.2. The third kappa shape index (κ3) is 5.21. The highest BCUT2D eigenvalue weighted by Gasteiger charge is 2.29. The van der Waals surface area contributed by atoms with Crippen LogP contribution >= 0.6 is 22.6 Å². The van der Waals surface area contributed by atoms with Crippen molar-refractivity contribution in [3.63, 3.8) is 0 Å². The number of hydrogen-bond acceptors (Lipinski definition) is 6. The third-order valence-corrected chi connectivity index (χ3v) is 6.84. The molecule has 0 radical (unpaired) electrons. The zero-order valence-electron chi connectivity index (χ0n) is 18.2. The number of rotatable bonds is 8. The van der Waals surface area contributed by atoms with Crippen LogP contribution in [0.15, 0.2) is 42.9 Å². The van der Waals surface area contributed by atoms with Crippen LogP contribution in [0.3, 0.4) is 0 Å². The lowest BCUT2D eigenvalue weighted by Gasteiger charge is -2.35. The molecule has 0 saturated carbocycles. The minimum atomic E-state index is -0.505. The van der Waals surface area contributed by atoms with Gasteiger partial charge in [0, 0.05) is 41.9 Å². The molecule has 32 heavy (non-hydrogen) atoms. The molecular weight excluding hydrogens is 519 g/mol. The van der Waals surface area contributed by atoms with Crippen LogP contribution in [0, 0.1) is 9.49 Å². The van der Waals surface area contributed by atoms with E-state index in [1.165, 1.54) is 9.13 Å². The minimum Gasteiger partial charge on any atom is -0.391 e. The Bertz CT molecular complexity index is 1070. The number of aromatic nitrogens is 3. The van der Waals surface area contributed by atoms with E-state index < -0.39 is 6.10 Å². The number of anilines is 1. The number of primary amides is 1. The second-order valence-corrected chi connectivity index (χ2v) is 9.61. The number of amides is 1. The summed E-state index contributed by atoms with van der Waals surface area (Å²) in [5.74, 6) is 0.663. The number of nitrogens with zero attached hydrogens (tertiary/aromatic N) is 5. The summed E-state index contributed by atoms with van der Waals surface area (Å²) >= 11 is 2.32. The van der Waals surface area contributed by atoms with Gasteiger partial charge in [0.25, 0.3) is 0 Å². The quantitative estimate of drug-likeness (QED) is 0.419. The molecule has 0 bridgehead atoms. The number of aliphatic hydroxyl groups is 1. The van der Waals surface area contributed by atoms with Gasteiger partial charge in [-0.2, -0.15) is 0 Å². The van der Waals surface area contributed by atoms with Gasteiger partial charge in [0.1, 0.15) is 17.8 Å². The molecule has 1 aromatic carbocycles. The zero-order valence-corrected chi connectivity index (χ0v) is 20.4. The van der Waals surface area contributed by atoms with E-state index in [-0.39, 0.29) is 18.4 Å². The van der Waals surface area contributed by atoms with E-state index in [9.17, 15) is 9.90 Å². The smallest absolute Gasteiger partial charge is 0.231 e. The number of likely N-dealkylation sites (tertiary alicyclic amines) is 1. The largest absolute Gasteiger partial charge is 0.391 e. The molecule has 2 atom stereocenters. The van der Waals surface area contributed by atoms with Crippen molar-refractivity contribution in [2.45, 2.75) is 32.5 Å². The maximum absolute atomic E-state index is 11.2. The number of fused-ring (bicyclic) bond motifs is 1. The standard InChI is InChI=1S/C23H29IN6O2/c1-2-29(11-16-3-5-18(24)6-4-16)22-19-8-10-30(23(19)27-15-26-22)12-17-7-9-28(13-20(17)31)14-21(25)32/h3-6,8,10,15,17,20,31H,2,7,9,11-14H2,1H3,(H2,25,32)/t17-,20+/m0/s1. The molecule has 9 heteroatoms. The van der Waals surface area contributed by atoms with Gasteiger partial charge in [0.2, 0.25) is 5.91 Å². The Morgan fingerprint density at radius 1 is 1.28 bits per heavy atom. The summed E-state index contributed by atoms with van der Waals surface area (Å²) < 4.78 is 3.33. The zero-order chi connectivity index (χ0) is 22.7. The fourth-order valence-electron chi connectivity index (χ4n) is 4.41. The van der Waals surface area contributed by atoms with Gasteiger partial charge in [0.15, 0.2) is 0 Å². The molecule has 0 aliphatic carbocycles. The van der Waals surface area contributed by atoms with Gasteiger partial charge in [0.05, 0.1) is 18.0 Å². The van der Waals surface area contributed by atoms with Gasteiger partial charge in [-0.3, -0.25) is 9.69 Å². The summed E-state index contributed by atoms with van der Waals surface area (Å²) in [5.41, 5.74) is 7.41. The van der Waals surface area contributed by atoms with E-state index in [4.69, 9.17) is 5.73 Å². The van der Waals surface area contributed by atoms with Crippen molar-refractivity contribution in [3.8, 4) is 0 Å². The third-order valence-electron chi connectivity index (χ3n) is 6.12. The first-order chi connectivity index (χ1) is 15.4. The van der Waals surface area contributed by atoms with Crippen LogP contribution in [0.1, 0.15) is 18.9 Å². The molecule has 1 saturated heterocycles. The number of β-amino-alcohol motifs (C(OH)–C–C–N with tert-alkyl or cyclic N) is 1. The Labute approximate surface area is 201 Å². The van der Waals surface area contributed by atoms with E-state index in [1.807, 2.05) is 11.1 Å². The predicted molar refractivity (Wildman–Crippen MR) is 133 cm³/mol. The molecule has 1 amide bonds. The molecule has 3 heterocycles. The van der Waals surface area contributed by atoms with Gasteiger partial charge >= 0.3 is 0 Å². The number of nitrogens with two attached hydrogens (primary N) is 1. The van der Waals surface area contributed by atoms with E-state index >= 15 is 0 Å². The fourth-order valence-corrected chi connectivity index (χ4v) is 4.77. The van der Waals surface area contributed by atoms with Crippen LogP contribution < -0.4 is 10.6 Å². The second-order valence-electron chi connectivity index (χ2n) is 8.36. The van der Waals surface area contributed by atoms with Crippen LogP contribution in [-0.4, -0.2) is 62.7 Å². The van der Waals surface area contributed by atoms with E-state index in [0.29, 0.717) is 13.1 Å². The number of aliphatic hydroxyl groups excluding tert-OH is 1. The van der Waals surface area contributed by atoms with Gasteiger partial charge in [-0.25, -0.2) is 9.97 Å². The van der Waals surface area contributed by atoms with Crippen molar-refractivity contribution in [2.24, 2.45) is 11.7 Å². The molecule has 1 fully saturated rings. The fraction of sp³-hybridized carbons (Fsp3) is 0.435. The molecule has 8 nitrogen and oxygen atoms in total. The van der Waals surface area contributed by atoms with Crippen molar-refractivity contribution in [1.82, 2.24) is 19.4 Å². The number of halogens is 1. The topological polar surface area (TPSA) is 101 Å². The SMILES string of the molecule is CCN(Cc1ccc(I)cc1)c1ncnc2c1ccn2C[C@@H]1CCN(CC(N)=O)C[C@H]1O.